The van der Waals surface area contributed by atoms with E-state index in [1.165, 1.54) is 22.3 Å². The van der Waals surface area contributed by atoms with Gasteiger partial charge in [-0.2, -0.15) is 0 Å². The standard InChI is InChI=1S/C23H26N2O/c1-4-15-6-7-17(12-16(15)5-2)18-8-9-19-20-10-11-25(3)14-22(20)24-23(26)21(19)13-18/h6-9,12-13H,4-5,10-11,14H2,1-3H3,(H,24,26). The zero-order valence-electron chi connectivity index (χ0n) is 15.9. The maximum Gasteiger partial charge on any atom is 0.256 e. The number of aryl methyl sites for hydroxylation is 2. The fraction of sp³-hybridized carbons (Fsp3) is 0.348. The van der Waals surface area contributed by atoms with Crippen LogP contribution >= 0.6 is 0 Å². The molecule has 0 bridgehead atoms. The molecule has 0 spiro atoms. The van der Waals surface area contributed by atoms with Crippen molar-refractivity contribution in [1.29, 1.82) is 0 Å². The average Bonchev–Trinajstić information content (AvgIpc) is 2.67. The summed E-state index contributed by atoms with van der Waals surface area (Å²) in [5.74, 6) is 0. The summed E-state index contributed by atoms with van der Waals surface area (Å²) in [6.07, 6.45) is 3.08. The summed E-state index contributed by atoms with van der Waals surface area (Å²) in [5.41, 5.74) is 7.52. The maximum absolute atomic E-state index is 12.7. The highest BCUT2D eigenvalue weighted by Crippen LogP contribution is 2.29. The Morgan fingerprint density at radius 1 is 0.962 bits per heavy atom. The summed E-state index contributed by atoms with van der Waals surface area (Å²) in [6, 6.07) is 13.1. The molecule has 0 atom stereocenters. The molecule has 3 heteroatoms. The van der Waals surface area contributed by atoms with Gasteiger partial charge < -0.3 is 9.88 Å². The average molecular weight is 346 g/mol. The molecule has 3 aromatic rings. The number of aromatic amines is 1. The lowest BCUT2D eigenvalue weighted by atomic mass is 9.93. The smallest absolute Gasteiger partial charge is 0.256 e. The molecule has 4 rings (SSSR count). The van der Waals surface area contributed by atoms with Gasteiger partial charge in [0.2, 0.25) is 0 Å². The number of fused-ring (bicyclic) bond motifs is 3. The molecule has 134 valence electrons. The van der Waals surface area contributed by atoms with Crippen molar-refractivity contribution in [1.82, 2.24) is 9.88 Å². The first-order valence-corrected chi connectivity index (χ1v) is 9.59. The normalized spacial score (nSPS) is 14.6. The van der Waals surface area contributed by atoms with Gasteiger partial charge in [-0.25, -0.2) is 0 Å². The summed E-state index contributed by atoms with van der Waals surface area (Å²) < 4.78 is 0. The van der Waals surface area contributed by atoms with Gasteiger partial charge in [0.15, 0.2) is 0 Å². The van der Waals surface area contributed by atoms with Gasteiger partial charge in [-0.3, -0.25) is 4.79 Å². The molecule has 0 unspecified atom stereocenters. The SMILES string of the molecule is CCc1ccc(-c2ccc3c4c([nH]c(=O)c3c2)CN(C)CC4)cc1CC. The third-order valence-corrected chi connectivity index (χ3v) is 5.69. The summed E-state index contributed by atoms with van der Waals surface area (Å²) in [7, 11) is 2.10. The van der Waals surface area contributed by atoms with Gasteiger partial charge in [-0.05, 0) is 65.6 Å². The predicted octanol–water partition coefficient (Wildman–Crippen LogP) is 4.31. The molecule has 3 nitrogen and oxygen atoms in total. The molecular weight excluding hydrogens is 320 g/mol. The first-order valence-electron chi connectivity index (χ1n) is 9.59. The van der Waals surface area contributed by atoms with E-state index in [2.05, 4.69) is 67.2 Å². The molecule has 0 amide bonds. The fourth-order valence-corrected chi connectivity index (χ4v) is 4.17. The number of benzene rings is 2. The molecule has 1 aromatic heterocycles. The zero-order valence-corrected chi connectivity index (χ0v) is 15.9. The van der Waals surface area contributed by atoms with Crippen molar-refractivity contribution in [3.63, 3.8) is 0 Å². The van der Waals surface area contributed by atoms with E-state index in [0.29, 0.717) is 0 Å². The largest absolute Gasteiger partial charge is 0.324 e. The summed E-state index contributed by atoms with van der Waals surface area (Å²) >= 11 is 0. The Morgan fingerprint density at radius 2 is 1.69 bits per heavy atom. The van der Waals surface area contributed by atoms with Crippen LogP contribution in [-0.2, 0) is 25.8 Å². The van der Waals surface area contributed by atoms with Gasteiger partial charge in [-0.1, -0.05) is 44.2 Å². The second-order valence-electron chi connectivity index (χ2n) is 7.35. The van der Waals surface area contributed by atoms with E-state index in [1.807, 2.05) is 0 Å². The van der Waals surface area contributed by atoms with Crippen molar-refractivity contribution in [2.24, 2.45) is 0 Å². The van der Waals surface area contributed by atoms with Gasteiger partial charge in [-0.15, -0.1) is 0 Å². The van der Waals surface area contributed by atoms with Gasteiger partial charge in [0.1, 0.15) is 0 Å². The first kappa shape index (κ1) is 17.0. The Bertz CT molecular complexity index is 1030. The van der Waals surface area contributed by atoms with Gasteiger partial charge in [0.25, 0.3) is 5.56 Å². The minimum Gasteiger partial charge on any atom is -0.324 e. The van der Waals surface area contributed by atoms with E-state index in [1.54, 1.807) is 0 Å². The molecule has 0 radical (unpaired) electrons. The third-order valence-electron chi connectivity index (χ3n) is 5.69. The number of hydrogen-bond donors (Lipinski definition) is 1. The summed E-state index contributed by atoms with van der Waals surface area (Å²) in [6.45, 7) is 6.26. The Labute approximate surface area is 154 Å². The minimum atomic E-state index is 0.0248. The highest BCUT2D eigenvalue weighted by Gasteiger charge is 2.18. The lowest BCUT2D eigenvalue weighted by Crippen LogP contribution is -2.29. The zero-order chi connectivity index (χ0) is 18.3. The molecule has 0 fully saturated rings. The van der Waals surface area contributed by atoms with Crippen molar-refractivity contribution < 1.29 is 0 Å². The van der Waals surface area contributed by atoms with E-state index < -0.39 is 0 Å². The van der Waals surface area contributed by atoms with Crippen LogP contribution in [0.4, 0.5) is 0 Å². The highest BCUT2D eigenvalue weighted by molar-refractivity contribution is 5.89. The van der Waals surface area contributed by atoms with Crippen LogP contribution in [0, 0.1) is 0 Å². The Hall–Kier alpha value is -2.39. The molecule has 0 aliphatic carbocycles. The van der Waals surface area contributed by atoms with Gasteiger partial charge in [0, 0.05) is 24.2 Å². The van der Waals surface area contributed by atoms with Crippen LogP contribution < -0.4 is 5.56 Å². The van der Waals surface area contributed by atoms with E-state index in [0.717, 1.165) is 54.4 Å². The van der Waals surface area contributed by atoms with E-state index in [9.17, 15) is 4.79 Å². The lowest BCUT2D eigenvalue weighted by molar-refractivity contribution is 0.308. The second-order valence-corrected chi connectivity index (χ2v) is 7.35. The fourth-order valence-electron chi connectivity index (χ4n) is 4.17. The maximum atomic E-state index is 12.7. The van der Waals surface area contributed by atoms with Gasteiger partial charge in [0.05, 0.1) is 0 Å². The Morgan fingerprint density at radius 3 is 2.46 bits per heavy atom. The first-order chi connectivity index (χ1) is 12.6. The summed E-state index contributed by atoms with van der Waals surface area (Å²) in [4.78, 5) is 18.1. The molecule has 2 aromatic carbocycles. The molecule has 1 N–H and O–H groups in total. The number of likely N-dealkylation sites (N-methyl/N-ethyl adjacent to an activating group) is 1. The molecule has 1 aliphatic heterocycles. The quantitative estimate of drug-likeness (QED) is 0.767. The third kappa shape index (κ3) is 2.86. The molecule has 26 heavy (non-hydrogen) atoms. The monoisotopic (exact) mass is 346 g/mol. The van der Waals surface area contributed by atoms with Crippen LogP contribution in [0.1, 0.15) is 36.2 Å². The van der Waals surface area contributed by atoms with Crippen LogP contribution in [-0.4, -0.2) is 23.5 Å². The number of H-pyrrole nitrogens is 1. The topological polar surface area (TPSA) is 36.1 Å². The molecular formula is C23H26N2O. The number of aromatic nitrogens is 1. The molecule has 1 aliphatic rings. The van der Waals surface area contributed by atoms with Crippen LogP contribution in [0.5, 0.6) is 0 Å². The van der Waals surface area contributed by atoms with Crippen molar-refractivity contribution in [3.05, 3.63) is 69.1 Å². The van der Waals surface area contributed by atoms with Crippen molar-refractivity contribution >= 4 is 10.8 Å². The Balaban J connectivity index is 1.85. The minimum absolute atomic E-state index is 0.0248. The van der Waals surface area contributed by atoms with Crippen LogP contribution in [0.15, 0.2) is 41.2 Å². The molecule has 0 saturated heterocycles. The lowest BCUT2D eigenvalue weighted by Gasteiger charge is -2.25. The number of nitrogens with one attached hydrogen (secondary N) is 1. The number of rotatable bonds is 3. The summed E-state index contributed by atoms with van der Waals surface area (Å²) in [5, 5.41) is 1.92. The van der Waals surface area contributed by atoms with Crippen molar-refractivity contribution in [3.8, 4) is 11.1 Å². The van der Waals surface area contributed by atoms with E-state index in [4.69, 9.17) is 0 Å². The van der Waals surface area contributed by atoms with Crippen LogP contribution in [0.2, 0.25) is 0 Å². The number of pyridine rings is 1. The van der Waals surface area contributed by atoms with Crippen LogP contribution in [0.3, 0.4) is 0 Å². The Kier molecular flexibility index (Phi) is 4.41. The number of nitrogens with zero attached hydrogens (tertiary/aromatic N) is 1. The van der Waals surface area contributed by atoms with Crippen molar-refractivity contribution in [2.75, 3.05) is 13.6 Å². The van der Waals surface area contributed by atoms with Crippen LogP contribution in [0.25, 0.3) is 21.9 Å². The van der Waals surface area contributed by atoms with Gasteiger partial charge >= 0.3 is 0 Å². The predicted molar refractivity (Wildman–Crippen MR) is 109 cm³/mol. The van der Waals surface area contributed by atoms with E-state index >= 15 is 0 Å². The highest BCUT2D eigenvalue weighted by atomic mass is 16.1. The van der Waals surface area contributed by atoms with Crippen molar-refractivity contribution in [2.45, 2.75) is 39.7 Å². The second kappa shape index (κ2) is 6.73. The molecule has 2 heterocycles. The number of hydrogen-bond acceptors (Lipinski definition) is 2. The molecule has 0 saturated carbocycles. The van der Waals surface area contributed by atoms with E-state index in [-0.39, 0.29) is 5.56 Å².